The van der Waals surface area contributed by atoms with Gasteiger partial charge < -0.3 is 4.74 Å². The van der Waals surface area contributed by atoms with Gasteiger partial charge in [0.2, 0.25) is 0 Å². The molecule has 0 aliphatic rings. The normalized spacial score (nSPS) is 11.5. The fraction of sp³-hybridized carbons (Fsp3) is 0.150. The van der Waals surface area contributed by atoms with Crippen molar-refractivity contribution in [1.82, 2.24) is 9.97 Å². The van der Waals surface area contributed by atoms with E-state index in [0.29, 0.717) is 22.6 Å². The van der Waals surface area contributed by atoms with Crippen LogP contribution in [0.25, 0.3) is 0 Å². The van der Waals surface area contributed by atoms with Crippen molar-refractivity contribution in [2.45, 2.75) is 13.8 Å². The number of nitrogens with zero attached hydrogens (tertiary/aromatic N) is 3. The molecule has 0 unspecified atom stereocenters. The van der Waals surface area contributed by atoms with Crippen LogP contribution < -0.4 is 4.74 Å². The van der Waals surface area contributed by atoms with Crippen LogP contribution >= 0.6 is 0 Å². The van der Waals surface area contributed by atoms with Crippen LogP contribution in [0.2, 0.25) is 0 Å². The molecule has 0 amide bonds. The lowest BCUT2D eigenvalue weighted by atomic mass is 9.99. The van der Waals surface area contributed by atoms with Crippen LogP contribution in [0.1, 0.15) is 22.5 Å². The van der Waals surface area contributed by atoms with Gasteiger partial charge in [0, 0.05) is 30.3 Å². The van der Waals surface area contributed by atoms with Gasteiger partial charge in [-0.1, -0.05) is 6.07 Å². The van der Waals surface area contributed by atoms with Gasteiger partial charge in [-0.2, -0.15) is 0 Å². The summed E-state index contributed by atoms with van der Waals surface area (Å²) in [6.45, 7) is 3.66. The van der Waals surface area contributed by atoms with Crippen LogP contribution in [0.4, 0.5) is 8.78 Å². The SMILES string of the molecule is C/N=C(/c1ccc(Oc2cccc(F)c2)cc1F)c1c(C)ncnc1C. The molecule has 0 radical (unpaired) electrons. The van der Waals surface area contributed by atoms with Crippen LogP contribution in [0, 0.1) is 25.5 Å². The van der Waals surface area contributed by atoms with E-state index in [4.69, 9.17) is 4.74 Å². The smallest absolute Gasteiger partial charge is 0.136 e. The summed E-state index contributed by atoms with van der Waals surface area (Å²) < 4.78 is 33.5. The fourth-order valence-corrected chi connectivity index (χ4v) is 2.72. The van der Waals surface area contributed by atoms with E-state index in [9.17, 15) is 8.78 Å². The number of aromatic nitrogens is 2. The summed E-state index contributed by atoms with van der Waals surface area (Å²) in [6.07, 6.45) is 1.47. The molecule has 0 saturated carbocycles. The quantitative estimate of drug-likeness (QED) is 0.643. The Morgan fingerprint density at radius 2 is 1.65 bits per heavy atom. The summed E-state index contributed by atoms with van der Waals surface area (Å²) in [5, 5.41) is 0. The monoisotopic (exact) mass is 353 g/mol. The summed E-state index contributed by atoms with van der Waals surface area (Å²) in [4.78, 5) is 12.6. The van der Waals surface area contributed by atoms with E-state index in [1.165, 1.54) is 30.6 Å². The van der Waals surface area contributed by atoms with Crippen molar-refractivity contribution in [1.29, 1.82) is 0 Å². The molecule has 0 aliphatic heterocycles. The molecule has 0 atom stereocenters. The molecule has 0 aliphatic carbocycles. The molecule has 0 bridgehead atoms. The molecule has 132 valence electrons. The maximum Gasteiger partial charge on any atom is 0.136 e. The van der Waals surface area contributed by atoms with Crippen molar-refractivity contribution < 1.29 is 13.5 Å². The van der Waals surface area contributed by atoms with Crippen LogP contribution in [-0.2, 0) is 0 Å². The fourth-order valence-electron chi connectivity index (χ4n) is 2.72. The van der Waals surface area contributed by atoms with Crippen LogP contribution in [0.3, 0.4) is 0 Å². The molecule has 0 spiro atoms. The van der Waals surface area contributed by atoms with Gasteiger partial charge in [-0.3, -0.25) is 4.99 Å². The number of aryl methyl sites for hydroxylation is 2. The van der Waals surface area contributed by atoms with E-state index < -0.39 is 11.6 Å². The van der Waals surface area contributed by atoms with E-state index in [1.807, 2.05) is 13.8 Å². The highest BCUT2D eigenvalue weighted by atomic mass is 19.1. The summed E-state index contributed by atoms with van der Waals surface area (Å²) in [5.74, 6) is -0.355. The third kappa shape index (κ3) is 3.59. The average Bonchev–Trinajstić information content (AvgIpc) is 2.59. The van der Waals surface area contributed by atoms with Crippen molar-refractivity contribution in [2.24, 2.45) is 4.99 Å². The molecule has 2 aromatic carbocycles. The van der Waals surface area contributed by atoms with Crippen molar-refractivity contribution in [3.63, 3.8) is 0 Å². The zero-order valence-corrected chi connectivity index (χ0v) is 14.6. The molecule has 26 heavy (non-hydrogen) atoms. The van der Waals surface area contributed by atoms with Gasteiger partial charge >= 0.3 is 0 Å². The number of ether oxygens (including phenoxy) is 1. The molecule has 0 fully saturated rings. The standard InChI is InChI=1S/C20H17F2N3O/c1-12-19(13(2)25-11-24-12)20(23-3)17-8-7-16(10-18(17)22)26-15-6-4-5-14(21)9-15/h4-11H,1-3H3/b23-20-. The van der Waals surface area contributed by atoms with Crippen molar-refractivity contribution in [3.05, 3.63) is 82.9 Å². The predicted octanol–water partition coefficient (Wildman–Crippen LogP) is 4.63. The van der Waals surface area contributed by atoms with E-state index in [1.54, 1.807) is 25.2 Å². The minimum Gasteiger partial charge on any atom is -0.457 e. The van der Waals surface area contributed by atoms with Gasteiger partial charge in [-0.25, -0.2) is 18.7 Å². The summed E-state index contributed by atoms with van der Waals surface area (Å²) in [7, 11) is 1.60. The molecular weight excluding hydrogens is 336 g/mol. The van der Waals surface area contributed by atoms with Gasteiger partial charge in [-0.05, 0) is 38.1 Å². The maximum atomic E-state index is 14.7. The largest absolute Gasteiger partial charge is 0.457 e. The average molecular weight is 353 g/mol. The molecule has 6 heteroatoms. The Kier molecular flexibility index (Phi) is 5.02. The highest BCUT2D eigenvalue weighted by molar-refractivity contribution is 6.14. The second kappa shape index (κ2) is 7.39. The van der Waals surface area contributed by atoms with E-state index in [0.717, 1.165) is 11.4 Å². The first kappa shape index (κ1) is 17.7. The first-order valence-electron chi connectivity index (χ1n) is 7.98. The Balaban J connectivity index is 1.96. The van der Waals surface area contributed by atoms with Crippen LogP contribution in [0.15, 0.2) is 53.8 Å². The lowest BCUT2D eigenvalue weighted by Crippen LogP contribution is -2.12. The zero-order chi connectivity index (χ0) is 18.7. The van der Waals surface area contributed by atoms with Gasteiger partial charge in [0.25, 0.3) is 0 Å². The number of halogens is 2. The lowest BCUT2D eigenvalue weighted by molar-refractivity contribution is 0.471. The van der Waals surface area contributed by atoms with Crippen LogP contribution in [0.5, 0.6) is 11.5 Å². The molecule has 1 aromatic heterocycles. The molecule has 1 heterocycles. The number of hydrogen-bond acceptors (Lipinski definition) is 4. The first-order valence-corrected chi connectivity index (χ1v) is 7.98. The number of benzene rings is 2. The van der Waals surface area contributed by atoms with Gasteiger partial charge in [0.05, 0.1) is 17.1 Å². The zero-order valence-electron chi connectivity index (χ0n) is 14.6. The van der Waals surface area contributed by atoms with E-state index in [-0.39, 0.29) is 5.75 Å². The highest BCUT2D eigenvalue weighted by Crippen LogP contribution is 2.26. The van der Waals surface area contributed by atoms with E-state index in [2.05, 4.69) is 15.0 Å². The van der Waals surface area contributed by atoms with Crippen molar-refractivity contribution in [3.8, 4) is 11.5 Å². The molecule has 0 saturated heterocycles. The Bertz CT molecular complexity index is 966. The minimum absolute atomic E-state index is 0.269. The number of aliphatic imine (C=N–C) groups is 1. The Morgan fingerprint density at radius 3 is 2.27 bits per heavy atom. The van der Waals surface area contributed by atoms with Gasteiger partial charge in [-0.15, -0.1) is 0 Å². The molecule has 0 N–H and O–H groups in total. The third-order valence-corrected chi connectivity index (χ3v) is 3.91. The molecular formula is C20H17F2N3O. The Labute approximate surface area is 150 Å². The third-order valence-electron chi connectivity index (χ3n) is 3.91. The van der Waals surface area contributed by atoms with E-state index >= 15 is 0 Å². The predicted molar refractivity (Wildman–Crippen MR) is 95.9 cm³/mol. The maximum absolute atomic E-state index is 14.7. The summed E-state index contributed by atoms with van der Waals surface area (Å²) >= 11 is 0. The summed E-state index contributed by atoms with van der Waals surface area (Å²) in [5.41, 5.74) is 2.93. The minimum atomic E-state index is -0.498. The van der Waals surface area contributed by atoms with Gasteiger partial charge in [0.1, 0.15) is 29.5 Å². The molecule has 4 nitrogen and oxygen atoms in total. The molecule has 3 aromatic rings. The highest BCUT2D eigenvalue weighted by Gasteiger charge is 2.18. The van der Waals surface area contributed by atoms with Gasteiger partial charge in [0.15, 0.2) is 0 Å². The topological polar surface area (TPSA) is 47.4 Å². The number of rotatable bonds is 4. The Morgan fingerprint density at radius 1 is 0.962 bits per heavy atom. The summed E-state index contributed by atoms with van der Waals surface area (Å²) in [6, 6.07) is 10.1. The molecule has 3 rings (SSSR count). The second-order valence-corrected chi connectivity index (χ2v) is 5.69. The van der Waals surface area contributed by atoms with Crippen molar-refractivity contribution in [2.75, 3.05) is 7.05 Å². The first-order chi connectivity index (χ1) is 12.5. The second-order valence-electron chi connectivity index (χ2n) is 5.69. The van der Waals surface area contributed by atoms with Crippen LogP contribution in [-0.4, -0.2) is 22.7 Å². The van der Waals surface area contributed by atoms with Crippen molar-refractivity contribution >= 4 is 5.71 Å². The lowest BCUT2D eigenvalue weighted by Gasteiger charge is -2.13. The number of hydrogen-bond donors (Lipinski definition) is 0. The Hall–Kier alpha value is -3.15.